The minimum absolute atomic E-state index is 0.0149. The molecular formula is C27H36F3N7O4. The number of amides is 1. The van der Waals surface area contributed by atoms with Crippen LogP contribution in [0.25, 0.3) is 0 Å². The van der Waals surface area contributed by atoms with E-state index in [1.165, 1.54) is 12.1 Å². The van der Waals surface area contributed by atoms with Crippen molar-refractivity contribution in [3.63, 3.8) is 0 Å². The maximum atomic E-state index is 13.0. The first kappa shape index (κ1) is 30.3. The Balaban J connectivity index is 1.21. The van der Waals surface area contributed by atoms with Gasteiger partial charge in [-0.2, -0.15) is 13.2 Å². The molecule has 2 heterocycles. The van der Waals surface area contributed by atoms with E-state index in [2.05, 4.69) is 25.8 Å². The quantitative estimate of drug-likeness (QED) is 0.336. The van der Waals surface area contributed by atoms with E-state index in [1.807, 2.05) is 22.5 Å². The molecule has 0 aliphatic heterocycles. The zero-order valence-corrected chi connectivity index (χ0v) is 23.6. The Hall–Kier alpha value is -3.68. The third-order valence-electron chi connectivity index (χ3n) is 6.69. The van der Waals surface area contributed by atoms with Gasteiger partial charge in [-0.3, -0.25) is 0 Å². The summed E-state index contributed by atoms with van der Waals surface area (Å²) in [5, 5.41) is 19.7. The zero-order chi connectivity index (χ0) is 29.6. The maximum absolute atomic E-state index is 13.0. The number of ether oxygens (including phenoxy) is 3. The second kappa shape index (κ2) is 12.9. The number of nitrogens with one attached hydrogen (secondary N) is 1. The highest BCUT2D eigenvalue weighted by atomic mass is 19.4. The fourth-order valence-electron chi connectivity index (χ4n) is 4.64. The molecule has 0 unspecified atom stereocenters. The van der Waals surface area contributed by atoms with Gasteiger partial charge < -0.3 is 24.1 Å². The molecule has 0 radical (unpaired) electrons. The van der Waals surface area contributed by atoms with Crippen LogP contribution in [0.3, 0.4) is 0 Å². The van der Waals surface area contributed by atoms with Crippen molar-refractivity contribution in [2.45, 2.75) is 83.4 Å². The van der Waals surface area contributed by atoms with Crippen molar-refractivity contribution in [2.24, 2.45) is 7.05 Å². The van der Waals surface area contributed by atoms with Gasteiger partial charge in [0.25, 0.3) is 0 Å². The third kappa shape index (κ3) is 8.65. The van der Waals surface area contributed by atoms with Crippen molar-refractivity contribution in [1.29, 1.82) is 0 Å². The predicted molar refractivity (Wildman–Crippen MR) is 141 cm³/mol. The van der Waals surface area contributed by atoms with Gasteiger partial charge in [0.2, 0.25) is 0 Å². The Morgan fingerprint density at radius 2 is 1.83 bits per heavy atom. The number of alkyl halides is 3. The standard InChI is InChI=1S/C27H36F3N7O4/c1-26(2,3)41-25(38)31-12-13-39-16-20-15-37(35-32-20)21-10-8-18(9-11-21)24-34-33-23(36(24)4)17-40-22-7-5-6-19(14-22)27(28,29)30/h5-7,14-15,18,21H,8-13,16-17H2,1-4H3,(H,31,38). The van der Waals surface area contributed by atoms with Crippen LogP contribution in [0.15, 0.2) is 30.5 Å². The average Bonchev–Trinajstić information content (AvgIpc) is 3.52. The molecule has 1 N–H and O–H groups in total. The molecule has 41 heavy (non-hydrogen) atoms. The van der Waals surface area contributed by atoms with Crippen molar-refractivity contribution in [3.8, 4) is 5.75 Å². The molecule has 3 aromatic rings. The van der Waals surface area contributed by atoms with Gasteiger partial charge in [0.05, 0.1) is 31.0 Å². The van der Waals surface area contributed by atoms with Gasteiger partial charge in [0.15, 0.2) is 5.82 Å². The first-order valence-corrected chi connectivity index (χ1v) is 13.5. The number of carbonyl (C=O) groups excluding carboxylic acids is 1. The van der Waals surface area contributed by atoms with Crippen molar-refractivity contribution in [3.05, 3.63) is 53.4 Å². The molecule has 0 bridgehead atoms. The molecule has 0 atom stereocenters. The summed E-state index contributed by atoms with van der Waals surface area (Å²) in [5.41, 5.74) is -0.596. The first-order chi connectivity index (χ1) is 19.4. The van der Waals surface area contributed by atoms with Gasteiger partial charge in [0, 0.05) is 19.5 Å². The summed E-state index contributed by atoms with van der Waals surface area (Å²) in [4.78, 5) is 11.7. The van der Waals surface area contributed by atoms with Gasteiger partial charge in [-0.25, -0.2) is 9.48 Å². The lowest BCUT2D eigenvalue weighted by atomic mass is 9.85. The van der Waals surface area contributed by atoms with E-state index in [9.17, 15) is 18.0 Å². The number of hydrogen-bond acceptors (Lipinski definition) is 8. The molecule has 14 heteroatoms. The number of benzene rings is 1. The molecule has 1 fully saturated rings. The second-order valence-corrected chi connectivity index (χ2v) is 11.0. The molecule has 2 aromatic heterocycles. The van der Waals surface area contributed by atoms with E-state index >= 15 is 0 Å². The van der Waals surface area contributed by atoms with E-state index in [-0.39, 0.29) is 30.9 Å². The summed E-state index contributed by atoms with van der Waals surface area (Å²) in [5.74, 6) is 1.70. The van der Waals surface area contributed by atoms with Crippen LogP contribution in [0.4, 0.5) is 18.0 Å². The number of hydrogen-bond donors (Lipinski definition) is 1. The van der Waals surface area contributed by atoms with Crippen LogP contribution in [0.2, 0.25) is 0 Å². The first-order valence-electron chi connectivity index (χ1n) is 13.5. The van der Waals surface area contributed by atoms with E-state index in [4.69, 9.17) is 14.2 Å². The Bertz CT molecular complexity index is 1290. The summed E-state index contributed by atoms with van der Waals surface area (Å²) >= 11 is 0. The highest BCUT2D eigenvalue weighted by molar-refractivity contribution is 5.67. The van der Waals surface area contributed by atoms with Crippen molar-refractivity contribution in [1.82, 2.24) is 35.1 Å². The molecule has 1 amide bonds. The predicted octanol–water partition coefficient (Wildman–Crippen LogP) is 4.94. The number of nitrogens with zero attached hydrogens (tertiary/aromatic N) is 6. The normalized spacial score (nSPS) is 17.8. The Kier molecular flexibility index (Phi) is 9.51. The van der Waals surface area contributed by atoms with E-state index < -0.39 is 23.4 Å². The molecule has 4 rings (SSSR count). The SMILES string of the molecule is Cn1c(COc2cccc(C(F)(F)F)c2)nnc1C1CCC(n2cc(COCCNC(=O)OC(C)(C)C)nn2)CC1. The minimum atomic E-state index is -4.43. The Morgan fingerprint density at radius 3 is 2.54 bits per heavy atom. The fourth-order valence-corrected chi connectivity index (χ4v) is 4.64. The monoisotopic (exact) mass is 579 g/mol. The van der Waals surface area contributed by atoms with Gasteiger partial charge in [-0.15, -0.1) is 15.3 Å². The summed E-state index contributed by atoms with van der Waals surface area (Å²) < 4.78 is 59.0. The average molecular weight is 580 g/mol. The van der Waals surface area contributed by atoms with E-state index in [1.54, 1.807) is 20.8 Å². The van der Waals surface area contributed by atoms with Crippen LogP contribution in [-0.4, -0.2) is 54.6 Å². The van der Waals surface area contributed by atoms with Crippen LogP contribution < -0.4 is 10.1 Å². The van der Waals surface area contributed by atoms with Gasteiger partial charge in [-0.05, 0) is 64.7 Å². The largest absolute Gasteiger partial charge is 0.486 e. The lowest BCUT2D eigenvalue weighted by Crippen LogP contribution is -2.34. The third-order valence-corrected chi connectivity index (χ3v) is 6.69. The summed E-state index contributed by atoms with van der Waals surface area (Å²) in [7, 11) is 1.85. The van der Waals surface area contributed by atoms with Crippen LogP contribution in [0, 0.1) is 0 Å². The van der Waals surface area contributed by atoms with Gasteiger partial charge in [0.1, 0.15) is 29.5 Å². The van der Waals surface area contributed by atoms with E-state index in [0.29, 0.717) is 24.7 Å². The number of carbonyl (C=O) groups is 1. The van der Waals surface area contributed by atoms with Crippen LogP contribution in [0.5, 0.6) is 5.75 Å². The van der Waals surface area contributed by atoms with Gasteiger partial charge >= 0.3 is 12.3 Å². The van der Waals surface area contributed by atoms with Crippen LogP contribution >= 0.6 is 0 Å². The maximum Gasteiger partial charge on any atom is 0.416 e. The fraction of sp³-hybridized carbons (Fsp3) is 0.593. The lowest BCUT2D eigenvalue weighted by molar-refractivity contribution is -0.137. The summed E-state index contributed by atoms with van der Waals surface area (Å²) in [6.07, 6.45) is 0.510. The molecular weight excluding hydrogens is 543 g/mol. The number of halogens is 3. The molecule has 1 aliphatic rings. The topological polar surface area (TPSA) is 118 Å². The second-order valence-electron chi connectivity index (χ2n) is 11.0. The number of aromatic nitrogens is 6. The summed E-state index contributed by atoms with van der Waals surface area (Å²) in [6, 6.07) is 4.99. The van der Waals surface area contributed by atoms with Crippen LogP contribution in [-0.2, 0) is 35.9 Å². The molecule has 0 saturated heterocycles. The molecule has 1 saturated carbocycles. The smallest absolute Gasteiger partial charge is 0.416 e. The van der Waals surface area contributed by atoms with Crippen molar-refractivity contribution < 1.29 is 32.2 Å². The van der Waals surface area contributed by atoms with Crippen LogP contribution in [0.1, 0.15) is 81.3 Å². The highest BCUT2D eigenvalue weighted by Crippen LogP contribution is 2.37. The Morgan fingerprint density at radius 1 is 1.07 bits per heavy atom. The van der Waals surface area contributed by atoms with Crippen molar-refractivity contribution in [2.75, 3.05) is 13.2 Å². The molecule has 224 valence electrons. The minimum Gasteiger partial charge on any atom is -0.486 e. The zero-order valence-electron chi connectivity index (χ0n) is 23.6. The van der Waals surface area contributed by atoms with Gasteiger partial charge in [-0.1, -0.05) is 11.3 Å². The van der Waals surface area contributed by atoms with Crippen molar-refractivity contribution >= 4 is 6.09 Å². The lowest BCUT2D eigenvalue weighted by Gasteiger charge is -2.27. The summed E-state index contributed by atoms with van der Waals surface area (Å²) in [6.45, 7) is 6.36. The number of alkyl carbamates (subject to hydrolysis) is 1. The number of rotatable bonds is 10. The Labute approximate surface area is 236 Å². The molecule has 0 spiro atoms. The molecule has 1 aromatic carbocycles. The van der Waals surface area contributed by atoms with E-state index in [0.717, 1.165) is 43.6 Å². The molecule has 11 nitrogen and oxygen atoms in total. The molecule has 1 aliphatic carbocycles. The highest BCUT2D eigenvalue weighted by Gasteiger charge is 2.31.